The summed E-state index contributed by atoms with van der Waals surface area (Å²) in [6.07, 6.45) is 0. The SMILES string of the molecule is CCNC(=NCC(C(C)C)N1CCOCC1)NCCOCCOC.I. The molecule has 1 aliphatic rings. The van der Waals surface area contributed by atoms with Gasteiger partial charge in [-0.2, -0.15) is 0 Å². The van der Waals surface area contributed by atoms with Crippen LogP contribution in [0.4, 0.5) is 0 Å². The van der Waals surface area contributed by atoms with Crippen LogP contribution in [0.5, 0.6) is 0 Å². The average Bonchev–Trinajstić information content (AvgIpc) is 2.58. The highest BCUT2D eigenvalue weighted by molar-refractivity contribution is 14.0. The van der Waals surface area contributed by atoms with E-state index in [-0.39, 0.29) is 24.0 Å². The van der Waals surface area contributed by atoms with Crippen LogP contribution in [-0.2, 0) is 14.2 Å². The minimum atomic E-state index is 0. The topological polar surface area (TPSA) is 67.4 Å². The molecule has 0 aromatic heterocycles. The molecule has 0 saturated carbocycles. The molecule has 1 heterocycles. The fraction of sp³-hybridized carbons (Fsp3) is 0.941. The molecule has 0 aromatic carbocycles. The Labute approximate surface area is 170 Å². The second kappa shape index (κ2) is 16.0. The van der Waals surface area contributed by atoms with Crippen molar-refractivity contribution in [1.82, 2.24) is 15.5 Å². The predicted octanol–water partition coefficient (Wildman–Crippen LogP) is 1.18. The molecule has 25 heavy (non-hydrogen) atoms. The van der Waals surface area contributed by atoms with Gasteiger partial charge in [0.15, 0.2) is 5.96 Å². The predicted molar refractivity (Wildman–Crippen MR) is 113 cm³/mol. The molecule has 0 radical (unpaired) electrons. The van der Waals surface area contributed by atoms with Crippen molar-refractivity contribution in [3.8, 4) is 0 Å². The highest BCUT2D eigenvalue weighted by Crippen LogP contribution is 2.13. The Balaban J connectivity index is 0.00000576. The van der Waals surface area contributed by atoms with E-state index in [0.717, 1.165) is 51.9 Å². The van der Waals surface area contributed by atoms with Crippen molar-refractivity contribution in [1.29, 1.82) is 0 Å². The number of morpholine rings is 1. The number of aliphatic imine (C=N–C) groups is 1. The molecule has 7 nitrogen and oxygen atoms in total. The summed E-state index contributed by atoms with van der Waals surface area (Å²) in [4.78, 5) is 7.27. The Morgan fingerprint density at radius 1 is 1.16 bits per heavy atom. The van der Waals surface area contributed by atoms with Crippen molar-refractivity contribution in [2.45, 2.75) is 26.8 Å². The Hall–Kier alpha value is -0.160. The van der Waals surface area contributed by atoms with Gasteiger partial charge in [0.05, 0.1) is 39.6 Å². The van der Waals surface area contributed by atoms with E-state index in [4.69, 9.17) is 19.2 Å². The van der Waals surface area contributed by atoms with E-state index in [0.29, 0.717) is 31.8 Å². The maximum Gasteiger partial charge on any atom is 0.191 e. The second-order valence-corrected chi connectivity index (χ2v) is 6.21. The van der Waals surface area contributed by atoms with Crippen LogP contribution in [0.3, 0.4) is 0 Å². The third-order valence-corrected chi connectivity index (χ3v) is 4.04. The highest BCUT2D eigenvalue weighted by Gasteiger charge is 2.23. The van der Waals surface area contributed by atoms with Crippen LogP contribution in [0, 0.1) is 5.92 Å². The second-order valence-electron chi connectivity index (χ2n) is 6.21. The molecular formula is C17H37IN4O3. The van der Waals surface area contributed by atoms with Gasteiger partial charge in [0.25, 0.3) is 0 Å². The van der Waals surface area contributed by atoms with Crippen LogP contribution >= 0.6 is 24.0 Å². The lowest BCUT2D eigenvalue weighted by atomic mass is 10.0. The Morgan fingerprint density at radius 3 is 2.48 bits per heavy atom. The molecule has 0 bridgehead atoms. The van der Waals surface area contributed by atoms with Gasteiger partial charge in [-0.1, -0.05) is 13.8 Å². The van der Waals surface area contributed by atoms with Crippen LogP contribution in [0.2, 0.25) is 0 Å². The Bertz CT molecular complexity index is 340. The largest absolute Gasteiger partial charge is 0.382 e. The molecule has 1 saturated heterocycles. The van der Waals surface area contributed by atoms with E-state index >= 15 is 0 Å². The zero-order chi connectivity index (χ0) is 17.6. The summed E-state index contributed by atoms with van der Waals surface area (Å²) in [5, 5.41) is 6.62. The number of guanidine groups is 1. The molecule has 1 fully saturated rings. The first kappa shape index (κ1) is 24.8. The minimum absolute atomic E-state index is 0. The van der Waals surface area contributed by atoms with E-state index < -0.39 is 0 Å². The van der Waals surface area contributed by atoms with Crippen molar-refractivity contribution >= 4 is 29.9 Å². The van der Waals surface area contributed by atoms with Gasteiger partial charge in [0.2, 0.25) is 0 Å². The minimum Gasteiger partial charge on any atom is -0.382 e. The third kappa shape index (κ3) is 11.2. The summed E-state index contributed by atoms with van der Waals surface area (Å²) in [5.74, 6) is 1.42. The molecule has 1 unspecified atom stereocenters. The first-order chi connectivity index (χ1) is 11.7. The van der Waals surface area contributed by atoms with Gasteiger partial charge in [-0.3, -0.25) is 9.89 Å². The zero-order valence-corrected chi connectivity index (χ0v) is 18.6. The van der Waals surface area contributed by atoms with E-state index in [1.54, 1.807) is 7.11 Å². The van der Waals surface area contributed by atoms with Gasteiger partial charge in [-0.05, 0) is 12.8 Å². The van der Waals surface area contributed by atoms with Gasteiger partial charge in [0.1, 0.15) is 0 Å². The fourth-order valence-electron chi connectivity index (χ4n) is 2.67. The zero-order valence-electron chi connectivity index (χ0n) is 16.3. The van der Waals surface area contributed by atoms with Gasteiger partial charge in [0, 0.05) is 39.3 Å². The van der Waals surface area contributed by atoms with Gasteiger partial charge < -0.3 is 24.8 Å². The summed E-state index contributed by atoms with van der Waals surface area (Å²) in [6.45, 7) is 14.5. The number of hydrogen-bond donors (Lipinski definition) is 2. The molecule has 0 aromatic rings. The van der Waals surface area contributed by atoms with E-state index in [9.17, 15) is 0 Å². The molecule has 0 aliphatic carbocycles. The first-order valence-electron chi connectivity index (χ1n) is 9.09. The first-order valence-corrected chi connectivity index (χ1v) is 9.09. The van der Waals surface area contributed by atoms with Crippen LogP contribution < -0.4 is 10.6 Å². The van der Waals surface area contributed by atoms with Gasteiger partial charge in [-0.15, -0.1) is 24.0 Å². The maximum atomic E-state index is 5.47. The van der Waals surface area contributed by atoms with E-state index in [2.05, 4.69) is 36.3 Å². The maximum absolute atomic E-state index is 5.47. The molecular weight excluding hydrogens is 435 g/mol. The van der Waals surface area contributed by atoms with Gasteiger partial charge >= 0.3 is 0 Å². The lowest BCUT2D eigenvalue weighted by Gasteiger charge is -2.36. The highest BCUT2D eigenvalue weighted by atomic mass is 127. The normalized spacial score (nSPS) is 17.2. The number of hydrogen-bond acceptors (Lipinski definition) is 5. The summed E-state index contributed by atoms with van der Waals surface area (Å²) < 4.78 is 15.9. The Kier molecular flexibility index (Phi) is 15.9. The number of halogens is 1. The van der Waals surface area contributed by atoms with Crippen molar-refractivity contribution in [2.75, 3.05) is 72.9 Å². The van der Waals surface area contributed by atoms with Crippen LogP contribution in [-0.4, -0.2) is 89.8 Å². The third-order valence-electron chi connectivity index (χ3n) is 4.04. The number of methoxy groups -OCH3 is 1. The lowest BCUT2D eigenvalue weighted by Crippen LogP contribution is -2.48. The lowest BCUT2D eigenvalue weighted by molar-refractivity contribution is 0.00867. The molecule has 1 rings (SSSR count). The van der Waals surface area contributed by atoms with Crippen LogP contribution in [0.1, 0.15) is 20.8 Å². The molecule has 1 atom stereocenters. The molecule has 150 valence electrons. The Morgan fingerprint density at radius 2 is 1.88 bits per heavy atom. The van der Waals surface area contributed by atoms with Crippen molar-refractivity contribution in [3.05, 3.63) is 0 Å². The molecule has 1 aliphatic heterocycles. The molecule has 0 spiro atoms. The quantitative estimate of drug-likeness (QED) is 0.204. The number of nitrogens with zero attached hydrogens (tertiary/aromatic N) is 2. The van der Waals surface area contributed by atoms with Crippen LogP contribution in [0.25, 0.3) is 0 Å². The molecule has 0 amide bonds. The average molecular weight is 472 g/mol. The fourth-order valence-corrected chi connectivity index (χ4v) is 2.67. The number of rotatable bonds is 11. The van der Waals surface area contributed by atoms with E-state index in [1.165, 1.54) is 0 Å². The molecule has 8 heteroatoms. The molecule has 2 N–H and O–H groups in total. The number of nitrogens with one attached hydrogen (secondary N) is 2. The summed E-state index contributed by atoms with van der Waals surface area (Å²) in [7, 11) is 1.68. The van der Waals surface area contributed by atoms with Crippen molar-refractivity contribution < 1.29 is 14.2 Å². The van der Waals surface area contributed by atoms with Crippen LogP contribution in [0.15, 0.2) is 4.99 Å². The summed E-state index contributed by atoms with van der Waals surface area (Å²) in [6, 6.07) is 0.447. The summed E-state index contributed by atoms with van der Waals surface area (Å²) >= 11 is 0. The summed E-state index contributed by atoms with van der Waals surface area (Å²) in [5.41, 5.74) is 0. The smallest absolute Gasteiger partial charge is 0.191 e. The van der Waals surface area contributed by atoms with E-state index in [1.807, 2.05) is 0 Å². The number of ether oxygens (including phenoxy) is 3. The standard InChI is InChI=1S/C17H36N4O3.HI/c1-5-18-17(19-6-9-23-13-12-22-4)20-14-16(15(2)3)21-7-10-24-11-8-21;/h15-16H,5-14H2,1-4H3,(H2,18,19,20);1H. The van der Waals surface area contributed by atoms with Crippen molar-refractivity contribution in [3.63, 3.8) is 0 Å². The van der Waals surface area contributed by atoms with Gasteiger partial charge in [-0.25, -0.2) is 0 Å². The monoisotopic (exact) mass is 472 g/mol. The van der Waals surface area contributed by atoms with Crippen molar-refractivity contribution in [2.24, 2.45) is 10.9 Å².